The van der Waals surface area contributed by atoms with E-state index in [9.17, 15) is 9.59 Å². The monoisotopic (exact) mass is 144 g/mol. The van der Waals surface area contributed by atoms with Crippen LogP contribution in [0.15, 0.2) is 0 Å². The van der Waals surface area contributed by atoms with E-state index in [1.165, 1.54) is 0 Å². The molecule has 1 heterocycles. The maximum Gasteiger partial charge on any atom is 0.352 e. The van der Waals surface area contributed by atoms with Crippen molar-refractivity contribution in [1.29, 1.82) is 0 Å². The topological polar surface area (TPSA) is 43.4 Å². The summed E-state index contributed by atoms with van der Waals surface area (Å²) in [5, 5.41) is 0. The molecule has 9 heavy (non-hydrogen) atoms. The lowest BCUT2D eigenvalue weighted by atomic mass is 10.2. The molecule has 0 saturated carbocycles. The molecular formula is C5H4O3S. The molecule has 0 bridgehead atoms. The van der Waals surface area contributed by atoms with E-state index in [0.717, 1.165) is 0 Å². The van der Waals surface area contributed by atoms with Crippen LogP contribution >= 0.6 is 12.2 Å². The van der Waals surface area contributed by atoms with Crippen LogP contribution in [0.5, 0.6) is 0 Å². The average molecular weight is 144 g/mol. The molecule has 1 aliphatic rings. The Morgan fingerprint density at radius 3 is 2.56 bits per heavy atom. The summed E-state index contributed by atoms with van der Waals surface area (Å²) in [6.45, 7) is 0.178. The van der Waals surface area contributed by atoms with Crippen LogP contribution in [-0.4, -0.2) is 23.2 Å². The summed E-state index contributed by atoms with van der Waals surface area (Å²) in [4.78, 5) is 20.8. The van der Waals surface area contributed by atoms with E-state index in [1.54, 1.807) is 0 Å². The molecule has 0 aromatic carbocycles. The van der Waals surface area contributed by atoms with Gasteiger partial charge in [0.2, 0.25) is 0 Å². The molecule has 0 aromatic heterocycles. The second kappa shape index (κ2) is 2.23. The lowest BCUT2D eigenvalue weighted by Gasteiger charge is -2.08. The zero-order valence-corrected chi connectivity index (χ0v) is 5.36. The van der Waals surface area contributed by atoms with Gasteiger partial charge in [-0.25, -0.2) is 4.79 Å². The van der Waals surface area contributed by atoms with Crippen LogP contribution in [0.3, 0.4) is 0 Å². The van der Waals surface area contributed by atoms with E-state index in [-0.39, 0.29) is 23.7 Å². The molecule has 48 valence electrons. The zero-order chi connectivity index (χ0) is 6.85. The van der Waals surface area contributed by atoms with Crippen molar-refractivity contribution in [3.63, 3.8) is 0 Å². The van der Waals surface area contributed by atoms with Crippen LogP contribution in [0, 0.1) is 0 Å². The second-order valence-corrected chi connectivity index (χ2v) is 2.05. The Hall–Kier alpha value is -0.770. The van der Waals surface area contributed by atoms with Gasteiger partial charge in [0.25, 0.3) is 0 Å². The summed E-state index contributed by atoms with van der Waals surface area (Å²) in [5.41, 5.74) is 0. The lowest BCUT2D eigenvalue weighted by molar-refractivity contribution is -0.139. The van der Waals surface area contributed by atoms with Gasteiger partial charge in [-0.1, -0.05) is 12.2 Å². The van der Waals surface area contributed by atoms with Gasteiger partial charge >= 0.3 is 5.97 Å². The number of esters is 1. The van der Waals surface area contributed by atoms with Crippen molar-refractivity contribution in [2.24, 2.45) is 0 Å². The minimum absolute atomic E-state index is 0.178. The lowest BCUT2D eigenvalue weighted by Crippen LogP contribution is -2.31. The fourth-order valence-electron chi connectivity index (χ4n) is 0.529. The molecule has 1 fully saturated rings. The van der Waals surface area contributed by atoms with Crippen LogP contribution in [0.25, 0.3) is 0 Å². The molecule has 0 unspecified atom stereocenters. The highest BCUT2D eigenvalue weighted by molar-refractivity contribution is 7.84. The third kappa shape index (κ3) is 1.13. The molecule has 4 heteroatoms. The molecular weight excluding hydrogens is 140 g/mol. The van der Waals surface area contributed by atoms with Gasteiger partial charge in [0.05, 0.1) is 6.61 Å². The Morgan fingerprint density at radius 2 is 2.11 bits per heavy atom. The van der Waals surface area contributed by atoms with Gasteiger partial charge in [0.1, 0.15) is 0 Å². The van der Waals surface area contributed by atoms with E-state index >= 15 is 0 Å². The van der Waals surface area contributed by atoms with Gasteiger partial charge in [0, 0.05) is 6.42 Å². The summed E-state index contributed by atoms with van der Waals surface area (Å²) in [7, 11) is 0. The smallest absolute Gasteiger partial charge is 0.352 e. The maximum atomic E-state index is 10.6. The largest absolute Gasteiger partial charge is 0.461 e. The number of Topliss-reactive ketones (excluding diaryl/α,β-unsaturated/α-hetero) is 1. The number of ether oxygens (including phenoxy) is 1. The van der Waals surface area contributed by atoms with Gasteiger partial charge in [-0.15, -0.1) is 0 Å². The minimum atomic E-state index is -0.652. The van der Waals surface area contributed by atoms with Crippen molar-refractivity contribution in [2.45, 2.75) is 6.42 Å². The number of cyclic esters (lactones) is 1. The van der Waals surface area contributed by atoms with E-state index in [0.29, 0.717) is 0 Å². The molecule has 3 nitrogen and oxygen atoms in total. The molecule has 0 aromatic rings. The van der Waals surface area contributed by atoms with E-state index in [1.807, 2.05) is 0 Å². The van der Waals surface area contributed by atoms with Crippen molar-refractivity contribution in [1.82, 2.24) is 0 Å². The fraction of sp³-hybridized carbons (Fsp3) is 0.400. The van der Waals surface area contributed by atoms with Gasteiger partial charge in [-0.2, -0.15) is 0 Å². The Balaban J connectivity index is 2.74. The van der Waals surface area contributed by atoms with E-state index < -0.39 is 5.97 Å². The average Bonchev–Trinajstić information content (AvgIpc) is 1.83. The molecule has 0 radical (unpaired) electrons. The molecule has 0 atom stereocenters. The second-order valence-electron chi connectivity index (χ2n) is 1.64. The molecule has 0 spiro atoms. The normalized spacial score (nSPS) is 19.8. The van der Waals surface area contributed by atoms with Crippen molar-refractivity contribution in [3.8, 4) is 0 Å². The van der Waals surface area contributed by atoms with Gasteiger partial charge in [-0.05, 0) is 0 Å². The number of thiocarbonyl (C=S) groups is 1. The van der Waals surface area contributed by atoms with Crippen LogP contribution in [0.4, 0.5) is 0 Å². The van der Waals surface area contributed by atoms with Crippen LogP contribution in [-0.2, 0) is 14.3 Å². The first kappa shape index (κ1) is 6.35. The number of carbonyl (C=O) groups excluding carboxylic acids is 2. The summed E-state index contributed by atoms with van der Waals surface area (Å²) in [6.07, 6.45) is 0.241. The van der Waals surface area contributed by atoms with Crippen molar-refractivity contribution >= 4 is 28.8 Å². The number of hydrogen-bond donors (Lipinski definition) is 0. The SMILES string of the molecule is O=C1CCOC(=O)C1=S. The molecule has 0 aliphatic carbocycles. The quantitative estimate of drug-likeness (QED) is 0.351. The standard InChI is InChI=1S/C5H4O3S/c6-3-1-2-8-5(7)4(3)9/h1-2H2. The summed E-state index contributed by atoms with van der Waals surface area (Å²) in [6, 6.07) is 0. The third-order valence-corrected chi connectivity index (χ3v) is 1.40. The molecule has 1 saturated heterocycles. The highest BCUT2D eigenvalue weighted by Gasteiger charge is 2.23. The molecule has 1 rings (SSSR count). The summed E-state index contributed by atoms with van der Waals surface area (Å²) < 4.78 is 4.46. The maximum absolute atomic E-state index is 10.6. The number of rotatable bonds is 0. The van der Waals surface area contributed by atoms with Crippen LogP contribution < -0.4 is 0 Å². The van der Waals surface area contributed by atoms with E-state index in [4.69, 9.17) is 0 Å². The van der Waals surface area contributed by atoms with Gasteiger partial charge < -0.3 is 4.74 Å². The molecule has 0 N–H and O–H groups in total. The van der Waals surface area contributed by atoms with Crippen molar-refractivity contribution in [3.05, 3.63) is 0 Å². The highest BCUT2D eigenvalue weighted by Crippen LogP contribution is 1.99. The Morgan fingerprint density at radius 1 is 1.44 bits per heavy atom. The Bertz CT molecular complexity index is 167. The summed E-state index contributed by atoms with van der Waals surface area (Å²) in [5.74, 6) is -0.928. The van der Waals surface area contributed by atoms with Crippen molar-refractivity contribution < 1.29 is 14.3 Å². The highest BCUT2D eigenvalue weighted by atomic mass is 32.1. The first-order valence-electron chi connectivity index (χ1n) is 2.46. The number of ketones is 1. The fourth-order valence-corrected chi connectivity index (χ4v) is 0.690. The minimum Gasteiger partial charge on any atom is -0.461 e. The van der Waals surface area contributed by atoms with Gasteiger partial charge in [-0.3, -0.25) is 4.79 Å². The molecule has 1 aliphatic heterocycles. The summed E-state index contributed by atoms with van der Waals surface area (Å²) >= 11 is 4.43. The Labute approximate surface area is 57.0 Å². The first-order chi connectivity index (χ1) is 4.22. The predicted molar refractivity (Wildman–Crippen MR) is 33.2 cm³/mol. The number of carbonyl (C=O) groups is 2. The van der Waals surface area contributed by atoms with Gasteiger partial charge in [0.15, 0.2) is 10.6 Å². The first-order valence-corrected chi connectivity index (χ1v) is 2.87. The molecule has 0 amide bonds. The predicted octanol–water partition coefficient (Wildman–Crippen LogP) is -0.128. The van der Waals surface area contributed by atoms with Crippen LogP contribution in [0.1, 0.15) is 6.42 Å². The Kier molecular flexibility index (Phi) is 1.57. The van der Waals surface area contributed by atoms with Crippen LogP contribution in [0.2, 0.25) is 0 Å². The number of hydrogen-bond acceptors (Lipinski definition) is 4. The zero-order valence-electron chi connectivity index (χ0n) is 4.55. The third-order valence-electron chi connectivity index (χ3n) is 1.00. The van der Waals surface area contributed by atoms with Crippen molar-refractivity contribution in [2.75, 3.05) is 6.61 Å². The van der Waals surface area contributed by atoms with E-state index in [2.05, 4.69) is 17.0 Å².